The number of Topliss-reactive ketones (excluding diaryl/α,β-unsaturated/α-hetero) is 1. The molecule has 32 heavy (non-hydrogen) atoms. The van der Waals surface area contributed by atoms with Gasteiger partial charge in [-0.05, 0) is 58.2 Å². The van der Waals surface area contributed by atoms with E-state index in [0.717, 1.165) is 12.8 Å². The zero-order valence-corrected chi connectivity index (χ0v) is 19.5. The molecule has 0 bridgehead atoms. The number of aromatic nitrogens is 1. The summed E-state index contributed by atoms with van der Waals surface area (Å²) in [4.78, 5) is 41.1. The summed E-state index contributed by atoms with van der Waals surface area (Å²) < 4.78 is 12.5. The monoisotopic (exact) mass is 440 g/mol. The molecule has 1 aliphatic heterocycles. The van der Waals surface area contributed by atoms with Crippen molar-refractivity contribution in [3.8, 4) is 0 Å². The average Bonchev–Trinajstić information content (AvgIpc) is 3.41. The Morgan fingerprint density at radius 3 is 2.47 bits per heavy atom. The lowest BCUT2D eigenvalue weighted by Gasteiger charge is -2.31. The first-order valence-corrected chi connectivity index (χ1v) is 11.1. The van der Waals surface area contributed by atoms with E-state index in [2.05, 4.69) is 0 Å². The van der Waals surface area contributed by atoms with Crippen LogP contribution in [0.5, 0.6) is 0 Å². The highest BCUT2D eigenvalue weighted by atomic mass is 16.5. The van der Waals surface area contributed by atoms with E-state index in [1.54, 1.807) is 35.4 Å². The van der Waals surface area contributed by atoms with Gasteiger partial charge in [0.25, 0.3) is 5.91 Å². The van der Waals surface area contributed by atoms with E-state index in [-0.39, 0.29) is 17.8 Å². The highest BCUT2D eigenvalue weighted by Gasteiger charge is 2.34. The Hall–Kier alpha value is -2.93. The minimum atomic E-state index is -0.720. The van der Waals surface area contributed by atoms with Crippen molar-refractivity contribution in [2.45, 2.75) is 59.2 Å². The number of carbonyl (C=O) groups excluding carboxylic acids is 3. The van der Waals surface area contributed by atoms with Gasteiger partial charge in [0.15, 0.2) is 5.78 Å². The fourth-order valence-corrected chi connectivity index (χ4v) is 4.53. The number of methoxy groups -OCH3 is 1. The number of hydrogen-bond donors (Lipinski definition) is 0. The Balaban J connectivity index is 1.99. The molecule has 0 aliphatic carbocycles. The third-order valence-electron chi connectivity index (χ3n) is 6.26. The predicted molar refractivity (Wildman–Crippen MR) is 121 cm³/mol. The van der Waals surface area contributed by atoms with Crippen molar-refractivity contribution >= 4 is 17.7 Å². The molecule has 1 amide bonds. The van der Waals surface area contributed by atoms with Gasteiger partial charge < -0.3 is 18.9 Å². The molecule has 3 rings (SSSR count). The van der Waals surface area contributed by atoms with Crippen LogP contribution in [-0.2, 0) is 16.0 Å². The Morgan fingerprint density at radius 2 is 1.91 bits per heavy atom. The van der Waals surface area contributed by atoms with Crippen molar-refractivity contribution in [1.29, 1.82) is 0 Å². The normalized spacial score (nSPS) is 16.6. The van der Waals surface area contributed by atoms with Gasteiger partial charge in [-0.1, -0.05) is 18.2 Å². The molecule has 2 heterocycles. The summed E-state index contributed by atoms with van der Waals surface area (Å²) in [5, 5.41) is 0. The molecule has 0 spiro atoms. The Morgan fingerprint density at radius 1 is 1.22 bits per heavy atom. The van der Waals surface area contributed by atoms with Crippen LogP contribution in [0.4, 0.5) is 0 Å². The fourth-order valence-electron chi connectivity index (χ4n) is 4.53. The number of ketones is 1. The maximum absolute atomic E-state index is 13.7. The maximum Gasteiger partial charge on any atom is 0.354 e. The standard InChI is InChI=1S/C25H32N2O5/c1-6-26-17(3)21(16(2)22(26)25(30)31-5)23(28)18(4)27(15-20-13-10-14-32-20)24(29)19-11-8-7-9-12-19/h7-9,11-12,18,20H,6,10,13-15H2,1-5H3. The van der Waals surface area contributed by atoms with Gasteiger partial charge >= 0.3 is 5.97 Å². The number of esters is 1. The van der Waals surface area contributed by atoms with Gasteiger partial charge in [0.1, 0.15) is 5.69 Å². The maximum atomic E-state index is 13.7. The van der Waals surface area contributed by atoms with Crippen molar-refractivity contribution in [3.63, 3.8) is 0 Å². The number of ether oxygens (including phenoxy) is 2. The number of hydrogen-bond acceptors (Lipinski definition) is 5. The molecule has 172 valence electrons. The lowest BCUT2D eigenvalue weighted by atomic mass is 9.98. The first kappa shape index (κ1) is 23.7. The van der Waals surface area contributed by atoms with Crippen molar-refractivity contribution in [3.05, 3.63) is 58.4 Å². The van der Waals surface area contributed by atoms with Gasteiger partial charge in [0.05, 0.1) is 19.3 Å². The quantitative estimate of drug-likeness (QED) is 0.461. The van der Waals surface area contributed by atoms with Crippen molar-refractivity contribution in [1.82, 2.24) is 9.47 Å². The summed E-state index contributed by atoms with van der Waals surface area (Å²) in [6.07, 6.45) is 1.71. The molecule has 1 aromatic heterocycles. The molecule has 2 unspecified atom stereocenters. The molecular formula is C25H32N2O5. The van der Waals surface area contributed by atoms with Crippen LogP contribution in [0.3, 0.4) is 0 Å². The highest BCUT2D eigenvalue weighted by molar-refractivity contribution is 6.07. The third kappa shape index (κ3) is 4.48. The number of nitrogens with zero attached hydrogens (tertiary/aromatic N) is 2. The lowest BCUT2D eigenvalue weighted by Crippen LogP contribution is -2.47. The molecule has 1 fully saturated rings. The van der Waals surface area contributed by atoms with Gasteiger partial charge in [0.2, 0.25) is 0 Å². The average molecular weight is 441 g/mol. The number of rotatable bonds is 8. The van der Waals surface area contributed by atoms with Crippen molar-refractivity contribution < 1.29 is 23.9 Å². The zero-order chi connectivity index (χ0) is 23.4. The molecule has 1 saturated heterocycles. The van der Waals surface area contributed by atoms with E-state index in [9.17, 15) is 14.4 Å². The SMILES string of the molecule is CCn1c(C)c(C(=O)C(C)N(CC2CCCO2)C(=O)c2ccccc2)c(C)c1C(=O)OC. The second-order valence-electron chi connectivity index (χ2n) is 8.17. The minimum absolute atomic E-state index is 0.0917. The summed E-state index contributed by atoms with van der Waals surface area (Å²) in [6.45, 7) is 8.79. The third-order valence-corrected chi connectivity index (χ3v) is 6.26. The largest absolute Gasteiger partial charge is 0.464 e. The highest BCUT2D eigenvalue weighted by Crippen LogP contribution is 2.27. The molecule has 7 nitrogen and oxygen atoms in total. The summed E-state index contributed by atoms with van der Waals surface area (Å²) in [5.74, 6) is -0.879. The molecule has 2 aromatic rings. The fraction of sp³-hybridized carbons (Fsp3) is 0.480. The number of benzene rings is 1. The van der Waals surface area contributed by atoms with E-state index < -0.39 is 12.0 Å². The lowest BCUT2D eigenvalue weighted by molar-refractivity contribution is 0.0410. The number of carbonyl (C=O) groups is 3. The summed E-state index contributed by atoms with van der Waals surface area (Å²) >= 11 is 0. The van der Waals surface area contributed by atoms with Crippen LogP contribution >= 0.6 is 0 Å². The summed E-state index contributed by atoms with van der Waals surface area (Å²) in [7, 11) is 1.33. The van der Waals surface area contributed by atoms with Gasteiger partial charge in [-0.15, -0.1) is 0 Å². The molecule has 1 aliphatic rings. The molecule has 2 atom stereocenters. The summed E-state index contributed by atoms with van der Waals surface area (Å²) in [6, 6.07) is 8.25. The van der Waals surface area contributed by atoms with E-state index in [1.165, 1.54) is 7.11 Å². The van der Waals surface area contributed by atoms with Crippen LogP contribution in [0.25, 0.3) is 0 Å². The molecule has 0 N–H and O–H groups in total. The van der Waals surface area contributed by atoms with Crippen LogP contribution < -0.4 is 0 Å². The van der Waals surface area contributed by atoms with E-state index >= 15 is 0 Å². The molecule has 7 heteroatoms. The zero-order valence-electron chi connectivity index (χ0n) is 19.5. The van der Waals surface area contributed by atoms with E-state index in [1.807, 2.05) is 32.0 Å². The van der Waals surface area contributed by atoms with Gasteiger partial charge in [0, 0.05) is 36.5 Å². The van der Waals surface area contributed by atoms with Gasteiger partial charge in [-0.25, -0.2) is 4.79 Å². The Bertz CT molecular complexity index is 990. The number of amides is 1. The molecule has 1 aromatic carbocycles. The van der Waals surface area contributed by atoms with Crippen LogP contribution in [-0.4, -0.2) is 59.5 Å². The van der Waals surface area contributed by atoms with Crippen LogP contribution in [0, 0.1) is 13.8 Å². The van der Waals surface area contributed by atoms with E-state index in [0.29, 0.717) is 47.8 Å². The smallest absolute Gasteiger partial charge is 0.354 e. The Kier molecular flexibility index (Phi) is 7.51. The van der Waals surface area contributed by atoms with Gasteiger partial charge in [-0.2, -0.15) is 0 Å². The molecule has 0 radical (unpaired) electrons. The van der Waals surface area contributed by atoms with E-state index in [4.69, 9.17) is 9.47 Å². The Labute approximate surface area is 189 Å². The van der Waals surface area contributed by atoms with Crippen molar-refractivity contribution in [2.24, 2.45) is 0 Å². The minimum Gasteiger partial charge on any atom is -0.464 e. The predicted octanol–water partition coefficient (Wildman–Crippen LogP) is 3.80. The second-order valence-corrected chi connectivity index (χ2v) is 8.17. The van der Waals surface area contributed by atoms with Crippen LogP contribution in [0.1, 0.15) is 69.2 Å². The van der Waals surface area contributed by atoms with Crippen LogP contribution in [0.15, 0.2) is 30.3 Å². The van der Waals surface area contributed by atoms with Crippen LogP contribution in [0.2, 0.25) is 0 Å². The first-order valence-electron chi connectivity index (χ1n) is 11.1. The summed E-state index contributed by atoms with van der Waals surface area (Å²) in [5.41, 5.74) is 2.66. The first-order chi connectivity index (χ1) is 15.3. The van der Waals surface area contributed by atoms with Crippen molar-refractivity contribution in [2.75, 3.05) is 20.3 Å². The molecule has 0 saturated carbocycles. The molecular weight excluding hydrogens is 408 g/mol. The topological polar surface area (TPSA) is 77.8 Å². The van der Waals surface area contributed by atoms with Gasteiger partial charge in [-0.3, -0.25) is 9.59 Å². The second kappa shape index (κ2) is 10.1.